The summed E-state index contributed by atoms with van der Waals surface area (Å²) >= 11 is 0. The van der Waals surface area contributed by atoms with Crippen LogP contribution in [-0.4, -0.2) is 45.8 Å². The second kappa shape index (κ2) is 7.94. The van der Waals surface area contributed by atoms with Gasteiger partial charge in [0.15, 0.2) is 0 Å². The zero-order valence-electron chi connectivity index (χ0n) is 19.1. The Morgan fingerprint density at radius 3 is 2.45 bits per heavy atom. The maximum atomic E-state index is 13.9. The molecular formula is C25H31N3O5. The van der Waals surface area contributed by atoms with E-state index in [1.807, 2.05) is 26.0 Å². The number of likely N-dealkylation sites (tertiary alicyclic amines) is 1. The average molecular weight is 454 g/mol. The van der Waals surface area contributed by atoms with Crippen LogP contribution in [0.25, 0.3) is 0 Å². The molecule has 0 radical (unpaired) electrons. The van der Waals surface area contributed by atoms with E-state index in [-0.39, 0.29) is 36.6 Å². The van der Waals surface area contributed by atoms with Gasteiger partial charge in [-0.2, -0.15) is 0 Å². The number of aliphatic carboxylic acids is 1. The molecule has 0 bridgehead atoms. The van der Waals surface area contributed by atoms with Crippen molar-refractivity contribution in [1.29, 1.82) is 0 Å². The Morgan fingerprint density at radius 1 is 1.09 bits per heavy atom. The maximum Gasteiger partial charge on any atom is 0.303 e. The first-order valence-electron chi connectivity index (χ1n) is 12.1. The monoisotopic (exact) mass is 453 g/mol. The molecule has 2 saturated heterocycles. The Labute approximate surface area is 193 Å². The Bertz CT molecular complexity index is 1040. The van der Waals surface area contributed by atoms with Crippen LogP contribution in [0.4, 0.5) is 5.69 Å². The normalized spacial score (nSPS) is 31.6. The van der Waals surface area contributed by atoms with E-state index >= 15 is 0 Å². The fourth-order valence-electron chi connectivity index (χ4n) is 6.54. The number of hydrogen-bond acceptors (Lipinski definition) is 5. The molecule has 1 spiro atoms. The Balaban J connectivity index is 1.61. The van der Waals surface area contributed by atoms with Gasteiger partial charge in [-0.1, -0.05) is 37.8 Å². The number of nitrogens with one attached hydrogen (secondary N) is 2. The highest BCUT2D eigenvalue weighted by Crippen LogP contribution is 2.55. The number of hydrogen-bond donors (Lipinski definition) is 3. The molecule has 5 rings (SSSR count). The first-order valence-corrected chi connectivity index (χ1v) is 12.1. The molecule has 1 aromatic rings. The summed E-state index contributed by atoms with van der Waals surface area (Å²) in [6.07, 6.45) is 5.78. The van der Waals surface area contributed by atoms with Crippen LogP contribution in [0.2, 0.25) is 0 Å². The highest BCUT2D eigenvalue weighted by Gasteiger charge is 2.70. The Kier molecular flexibility index (Phi) is 5.31. The van der Waals surface area contributed by atoms with E-state index in [1.165, 1.54) is 4.90 Å². The first kappa shape index (κ1) is 22.1. The zero-order chi connectivity index (χ0) is 23.5. The minimum atomic E-state index is -1.35. The van der Waals surface area contributed by atoms with Gasteiger partial charge in [0, 0.05) is 29.8 Å². The molecule has 1 aliphatic carbocycles. The number of amides is 3. The number of carbonyl (C=O) groups is 4. The average Bonchev–Trinajstić information content (AvgIpc) is 3.24. The quantitative estimate of drug-likeness (QED) is 0.477. The summed E-state index contributed by atoms with van der Waals surface area (Å²) in [4.78, 5) is 54.0. The summed E-state index contributed by atoms with van der Waals surface area (Å²) < 4.78 is 0. The number of nitrogens with zero attached hydrogens (tertiary/aromatic N) is 1. The lowest BCUT2D eigenvalue weighted by Crippen LogP contribution is -2.54. The highest BCUT2D eigenvalue weighted by molar-refractivity contribution is 6.15. The number of fused-ring (bicyclic) bond motifs is 4. The molecule has 8 nitrogen and oxygen atoms in total. The third-order valence-electron chi connectivity index (χ3n) is 8.31. The summed E-state index contributed by atoms with van der Waals surface area (Å²) in [6.45, 7) is 3.90. The van der Waals surface area contributed by atoms with Gasteiger partial charge in [-0.15, -0.1) is 0 Å². The van der Waals surface area contributed by atoms with Crippen molar-refractivity contribution in [1.82, 2.24) is 10.2 Å². The van der Waals surface area contributed by atoms with E-state index in [2.05, 4.69) is 10.6 Å². The molecule has 1 aromatic carbocycles. The Morgan fingerprint density at radius 2 is 1.79 bits per heavy atom. The van der Waals surface area contributed by atoms with Gasteiger partial charge in [0.25, 0.3) is 0 Å². The van der Waals surface area contributed by atoms with Crippen LogP contribution >= 0.6 is 0 Å². The molecule has 3 N–H and O–H groups in total. The summed E-state index contributed by atoms with van der Waals surface area (Å²) in [7, 11) is 0. The van der Waals surface area contributed by atoms with Crippen molar-refractivity contribution in [2.45, 2.75) is 82.8 Å². The van der Waals surface area contributed by atoms with Crippen molar-refractivity contribution in [3.63, 3.8) is 0 Å². The van der Waals surface area contributed by atoms with E-state index in [9.17, 15) is 24.3 Å². The van der Waals surface area contributed by atoms with Crippen LogP contribution in [0.3, 0.4) is 0 Å². The van der Waals surface area contributed by atoms with Gasteiger partial charge >= 0.3 is 5.97 Å². The van der Waals surface area contributed by atoms with Crippen LogP contribution in [0.15, 0.2) is 12.1 Å². The highest BCUT2D eigenvalue weighted by atomic mass is 16.4. The van der Waals surface area contributed by atoms with Crippen molar-refractivity contribution in [2.75, 3.05) is 5.32 Å². The fraction of sp³-hybridized carbons (Fsp3) is 0.600. The lowest BCUT2D eigenvalue weighted by molar-refractivity contribution is -0.146. The molecule has 4 aliphatic rings. The largest absolute Gasteiger partial charge is 0.481 e. The molecule has 33 heavy (non-hydrogen) atoms. The van der Waals surface area contributed by atoms with E-state index in [1.54, 1.807) is 0 Å². The van der Waals surface area contributed by atoms with E-state index in [4.69, 9.17) is 0 Å². The van der Waals surface area contributed by atoms with Gasteiger partial charge in [0.2, 0.25) is 17.7 Å². The zero-order valence-corrected chi connectivity index (χ0v) is 19.1. The summed E-state index contributed by atoms with van der Waals surface area (Å²) in [5, 5.41) is 15.6. The van der Waals surface area contributed by atoms with Crippen molar-refractivity contribution in [3.05, 3.63) is 28.8 Å². The summed E-state index contributed by atoms with van der Waals surface area (Å²) in [6, 6.07) is 3.10. The molecule has 176 valence electrons. The summed E-state index contributed by atoms with van der Waals surface area (Å²) in [5.41, 5.74) is 1.98. The minimum Gasteiger partial charge on any atom is -0.481 e. The molecule has 0 aromatic heterocycles. The summed E-state index contributed by atoms with van der Waals surface area (Å²) in [5.74, 6) is -3.43. The molecule has 3 aliphatic heterocycles. The lowest BCUT2D eigenvalue weighted by atomic mass is 9.76. The second-order valence-corrected chi connectivity index (χ2v) is 10.1. The van der Waals surface area contributed by atoms with Crippen LogP contribution in [-0.2, 0) is 24.7 Å². The van der Waals surface area contributed by atoms with Gasteiger partial charge in [0.05, 0.1) is 11.8 Å². The fourth-order valence-corrected chi connectivity index (χ4v) is 6.54. The number of rotatable bonds is 4. The molecule has 8 heteroatoms. The first-order chi connectivity index (χ1) is 15.8. The van der Waals surface area contributed by atoms with Crippen molar-refractivity contribution >= 4 is 29.4 Å². The van der Waals surface area contributed by atoms with Gasteiger partial charge in [-0.3, -0.25) is 29.4 Å². The number of anilines is 1. The van der Waals surface area contributed by atoms with E-state index in [0.717, 1.165) is 49.7 Å². The number of carboxylic acids is 1. The lowest BCUT2D eigenvalue weighted by Gasteiger charge is -2.32. The van der Waals surface area contributed by atoms with Crippen molar-refractivity contribution in [2.24, 2.45) is 11.8 Å². The van der Waals surface area contributed by atoms with Crippen LogP contribution in [0.5, 0.6) is 0 Å². The molecule has 0 unspecified atom stereocenters. The third-order valence-corrected chi connectivity index (χ3v) is 8.31. The number of carbonyl (C=O) groups excluding carboxylic acids is 3. The molecule has 3 heterocycles. The third kappa shape index (κ3) is 3.14. The molecule has 3 fully saturated rings. The van der Waals surface area contributed by atoms with Crippen LogP contribution < -0.4 is 10.6 Å². The Hall–Kier alpha value is -2.74. The van der Waals surface area contributed by atoms with E-state index in [0.29, 0.717) is 11.3 Å². The molecular weight excluding hydrogens is 422 g/mol. The van der Waals surface area contributed by atoms with Crippen LogP contribution in [0, 0.1) is 25.7 Å². The molecule has 1 saturated carbocycles. The van der Waals surface area contributed by atoms with Gasteiger partial charge in [-0.25, -0.2) is 0 Å². The number of carboxylic acid groups (broad SMARTS) is 1. The predicted octanol–water partition coefficient (Wildman–Crippen LogP) is 2.61. The minimum absolute atomic E-state index is 0.136. The van der Waals surface area contributed by atoms with Crippen LogP contribution in [0.1, 0.15) is 68.1 Å². The van der Waals surface area contributed by atoms with Gasteiger partial charge in [-0.05, 0) is 44.2 Å². The standard InChI is InChI=1S/C25H31N3O5/c1-13-9-10-16-21(14(13)2)26-24(33)25(16)20-19(17(27-25)11-12-18(29)30)22(31)28(23(20)32)15-7-5-3-4-6-8-15/h9-10,15,17,19-20,27H,3-8,11-12H2,1-2H3,(H,26,33)(H,29,30)/t17-,19+,20+,25-/m0/s1. The SMILES string of the molecule is Cc1ccc2c(c1C)NC(=O)[C@]21N[C@@H](CCC(=O)O)[C@H]2C(=O)N(C3CCCCCC3)C(=O)[C@@H]21. The van der Waals surface area contributed by atoms with Crippen molar-refractivity contribution in [3.8, 4) is 0 Å². The van der Waals surface area contributed by atoms with Gasteiger partial charge < -0.3 is 10.4 Å². The number of aryl methyl sites for hydroxylation is 1. The van der Waals surface area contributed by atoms with Gasteiger partial charge in [0.1, 0.15) is 5.54 Å². The smallest absolute Gasteiger partial charge is 0.303 e. The number of benzene rings is 1. The second-order valence-electron chi connectivity index (χ2n) is 10.1. The maximum absolute atomic E-state index is 13.9. The molecule has 4 atom stereocenters. The predicted molar refractivity (Wildman–Crippen MR) is 120 cm³/mol. The topological polar surface area (TPSA) is 116 Å². The van der Waals surface area contributed by atoms with E-state index < -0.39 is 29.4 Å². The van der Waals surface area contributed by atoms with Crippen molar-refractivity contribution < 1.29 is 24.3 Å². The number of imide groups is 1. The molecule has 3 amide bonds.